The quantitative estimate of drug-likeness (QED) is 0.254. The molecule has 194 valence electrons. The minimum Gasteiger partial charge on any atom is -0.458 e. The first kappa shape index (κ1) is 23.7. The molecule has 41 heavy (non-hydrogen) atoms. The molecule has 6 aromatic rings. The first-order valence-electron chi connectivity index (χ1n) is 13.9. The van der Waals surface area contributed by atoms with Crippen molar-refractivity contribution in [2.45, 2.75) is 6.92 Å². The van der Waals surface area contributed by atoms with Crippen LogP contribution in [-0.2, 0) is 0 Å². The lowest BCUT2D eigenvalue weighted by Crippen LogP contribution is -2.57. The summed E-state index contributed by atoms with van der Waals surface area (Å²) in [4.78, 5) is 0. The van der Waals surface area contributed by atoms with Gasteiger partial charge in [0.15, 0.2) is 0 Å². The maximum Gasteiger partial charge on any atom is 0.260 e. The van der Waals surface area contributed by atoms with E-state index in [0.717, 1.165) is 72.3 Å². The van der Waals surface area contributed by atoms with Crippen LogP contribution < -0.4 is 36.5 Å². The highest BCUT2D eigenvalue weighted by Gasteiger charge is 2.40. The third-order valence-electron chi connectivity index (χ3n) is 8.16. The molecule has 4 heteroatoms. The molecule has 1 aromatic heterocycles. The average Bonchev–Trinajstić information content (AvgIpc) is 3.38. The molecular weight excluding hydrogens is 503 g/mol. The summed E-state index contributed by atoms with van der Waals surface area (Å²) in [5, 5.41) is 2.18. The predicted octanol–water partition coefficient (Wildman–Crippen LogP) is 6.26. The van der Waals surface area contributed by atoms with E-state index < -0.39 is 0 Å². The van der Waals surface area contributed by atoms with Crippen molar-refractivity contribution in [3.8, 4) is 45.3 Å². The van der Waals surface area contributed by atoms with Crippen molar-refractivity contribution in [1.29, 1.82) is 0 Å². The third kappa shape index (κ3) is 3.61. The molecule has 0 aliphatic carbocycles. The molecule has 3 nitrogen and oxygen atoms in total. The van der Waals surface area contributed by atoms with Gasteiger partial charge in [-0.3, -0.25) is 0 Å². The topological polar surface area (TPSA) is 31.6 Å². The highest BCUT2D eigenvalue weighted by atomic mass is 16.5. The second-order valence-electron chi connectivity index (χ2n) is 10.4. The van der Waals surface area contributed by atoms with Crippen LogP contribution in [-0.4, -0.2) is 6.71 Å². The monoisotopic (exact) mass is 528 g/mol. The molecule has 0 spiro atoms. The molecule has 0 saturated heterocycles. The van der Waals surface area contributed by atoms with Crippen LogP contribution in [0.1, 0.15) is 6.92 Å². The molecule has 0 bridgehead atoms. The number of hydrogen-bond donors (Lipinski definition) is 0. The van der Waals surface area contributed by atoms with Crippen LogP contribution in [0, 0.1) is 0 Å². The minimum absolute atomic E-state index is 0.0774. The summed E-state index contributed by atoms with van der Waals surface area (Å²) in [6, 6.07) is 35.8. The lowest BCUT2D eigenvalue weighted by molar-refractivity contribution is 0.465. The number of rotatable bonds is 3. The highest BCUT2D eigenvalue weighted by molar-refractivity contribution is 6.98. The Balaban J connectivity index is 1.24. The normalized spacial score (nSPS) is 13.7. The fourth-order valence-electron chi connectivity index (χ4n) is 6.32. The van der Waals surface area contributed by atoms with Crippen molar-refractivity contribution >= 4 is 46.2 Å². The number of allylic oxidation sites excluding steroid dienone is 1. The highest BCUT2D eigenvalue weighted by Crippen LogP contribution is 2.38. The van der Waals surface area contributed by atoms with E-state index >= 15 is 0 Å². The van der Waals surface area contributed by atoms with Crippen LogP contribution >= 0.6 is 0 Å². The van der Waals surface area contributed by atoms with Crippen LogP contribution in [0.2, 0.25) is 0 Å². The van der Waals surface area contributed by atoms with Gasteiger partial charge < -0.3 is 13.9 Å². The Hall–Kier alpha value is -5.22. The van der Waals surface area contributed by atoms with Crippen molar-refractivity contribution in [1.82, 2.24) is 0 Å². The van der Waals surface area contributed by atoms with Gasteiger partial charge in [0.25, 0.3) is 6.71 Å². The number of fused-ring (bicyclic) bond motifs is 5. The van der Waals surface area contributed by atoms with Gasteiger partial charge in [-0.25, -0.2) is 0 Å². The molecule has 8 rings (SSSR count). The molecule has 2 aliphatic rings. The van der Waals surface area contributed by atoms with E-state index in [0.29, 0.717) is 0 Å². The molecule has 0 unspecified atom stereocenters. The molecule has 5 aromatic carbocycles. The summed E-state index contributed by atoms with van der Waals surface area (Å²) in [6.07, 6.45) is 5.76. The molecule has 0 N–H and O–H groups in total. The second-order valence-corrected chi connectivity index (χ2v) is 10.4. The molecule has 0 fully saturated rings. The van der Waals surface area contributed by atoms with E-state index in [9.17, 15) is 0 Å². The van der Waals surface area contributed by atoms with E-state index in [1.54, 1.807) is 6.08 Å². The van der Waals surface area contributed by atoms with Gasteiger partial charge in [0.05, 0.1) is 0 Å². The van der Waals surface area contributed by atoms with Gasteiger partial charge in [-0.2, -0.15) is 0 Å². The van der Waals surface area contributed by atoms with Crippen LogP contribution in [0.25, 0.3) is 45.4 Å². The number of benzene rings is 5. The van der Waals surface area contributed by atoms with Crippen LogP contribution in [0.15, 0.2) is 120 Å². The van der Waals surface area contributed by atoms with E-state index in [2.05, 4.69) is 91.5 Å². The summed E-state index contributed by atoms with van der Waals surface area (Å²) in [5.41, 5.74) is 9.41. The Kier molecular flexibility index (Phi) is 5.29. The van der Waals surface area contributed by atoms with Gasteiger partial charge in [-0.1, -0.05) is 97.6 Å². The van der Waals surface area contributed by atoms with E-state index in [-0.39, 0.29) is 6.71 Å². The SMILES string of the molecule is C=C/C=c1/oc2c(-c3ccc(-c4cc5c6c(c4)Oc4ccccc4B6c4ccccc4O5)cc3)cccc2/c1=C/C. The van der Waals surface area contributed by atoms with Crippen LogP contribution in [0.5, 0.6) is 23.0 Å². The van der Waals surface area contributed by atoms with E-state index in [4.69, 9.17) is 13.9 Å². The summed E-state index contributed by atoms with van der Waals surface area (Å²) in [5.74, 6) is 3.47. The first-order chi connectivity index (χ1) is 20.2. The van der Waals surface area contributed by atoms with Gasteiger partial charge in [-0.15, -0.1) is 0 Å². The Labute approximate surface area is 238 Å². The van der Waals surface area contributed by atoms with Crippen LogP contribution in [0.4, 0.5) is 0 Å². The molecule has 2 aliphatic heterocycles. The zero-order valence-corrected chi connectivity index (χ0v) is 22.6. The standard InChI is InChI=1S/C37H25BO3/c1-3-10-31-26(4-2)28-12-9-11-27(37(28)41-31)24-19-17-23(18-20-24)25-21-34-36-35(22-25)40-33-16-8-6-14-30(33)38(36)29-13-5-7-15-32(29)39-34/h3-22H,1H2,2H3/b26-4-,31-10+. The fourth-order valence-corrected chi connectivity index (χ4v) is 6.32. The molecule has 0 saturated carbocycles. The first-order valence-corrected chi connectivity index (χ1v) is 13.9. The number of furan rings is 1. The summed E-state index contributed by atoms with van der Waals surface area (Å²) in [7, 11) is 0. The van der Waals surface area contributed by atoms with Gasteiger partial charge in [-0.05, 0) is 64.9 Å². The third-order valence-corrected chi connectivity index (χ3v) is 8.16. The number of hydrogen-bond acceptors (Lipinski definition) is 3. The maximum atomic E-state index is 6.48. The van der Waals surface area contributed by atoms with Crippen LogP contribution in [0.3, 0.4) is 0 Å². The zero-order valence-electron chi connectivity index (χ0n) is 22.6. The van der Waals surface area contributed by atoms with E-state index in [1.807, 2.05) is 37.3 Å². The Morgan fingerprint density at radius 1 is 0.659 bits per heavy atom. The minimum atomic E-state index is 0.0774. The summed E-state index contributed by atoms with van der Waals surface area (Å²) < 4.78 is 19.3. The van der Waals surface area contributed by atoms with Crippen molar-refractivity contribution in [2.24, 2.45) is 0 Å². The fraction of sp³-hybridized carbons (Fsp3) is 0.0270. The van der Waals surface area contributed by atoms with Crippen molar-refractivity contribution in [3.05, 3.63) is 126 Å². The summed E-state index contributed by atoms with van der Waals surface area (Å²) >= 11 is 0. The maximum absolute atomic E-state index is 6.48. The zero-order chi connectivity index (χ0) is 27.5. The molecular formula is C37H25BO3. The van der Waals surface area contributed by atoms with Crippen molar-refractivity contribution in [2.75, 3.05) is 0 Å². The van der Waals surface area contributed by atoms with Gasteiger partial charge >= 0.3 is 0 Å². The number of ether oxygens (including phenoxy) is 2. The van der Waals surface area contributed by atoms with E-state index in [1.165, 1.54) is 10.9 Å². The average molecular weight is 528 g/mol. The molecule has 0 atom stereocenters. The van der Waals surface area contributed by atoms with Gasteiger partial charge in [0.2, 0.25) is 0 Å². The number of para-hydroxylation sites is 3. The lowest BCUT2D eigenvalue weighted by Gasteiger charge is -2.33. The van der Waals surface area contributed by atoms with Crippen molar-refractivity contribution < 1.29 is 13.9 Å². The summed E-state index contributed by atoms with van der Waals surface area (Å²) in [6.45, 7) is 5.95. The molecule has 0 amide bonds. The Morgan fingerprint density at radius 2 is 1.29 bits per heavy atom. The van der Waals surface area contributed by atoms with Gasteiger partial charge in [0, 0.05) is 21.6 Å². The van der Waals surface area contributed by atoms with Gasteiger partial charge in [0.1, 0.15) is 34.0 Å². The smallest absolute Gasteiger partial charge is 0.260 e. The Morgan fingerprint density at radius 3 is 1.93 bits per heavy atom. The second kappa shape index (κ2) is 9.17. The largest absolute Gasteiger partial charge is 0.458 e. The molecule has 0 radical (unpaired) electrons. The van der Waals surface area contributed by atoms with Crippen molar-refractivity contribution in [3.63, 3.8) is 0 Å². The predicted molar refractivity (Wildman–Crippen MR) is 169 cm³/mol. The Bertz CT molecular complexity index is 2070. The molecule has 3 heterocycles. The lowest BCUT2D eigenvalue weighted by atomic mass is 9.35.